The highest BCUT2D eigenvalue weighted by Crippen LogP contribution is 2.38. The average molecular weight is 289 g/mol. The summed E-state index contributed by atoms with van der Waals surface area (Å²) in [6.45, 7) is 5.13. The van der Waals surface area contributed by atoms with E-state index < -0.39 is 0 Å². The molecule has 2 N–H and O–H groups in total. The van der Waals surface area contributed by atoms with Gasteiger partial charge in [0.05, 0.1) is 17.9 Å². The Balaban J connectivity index is 2.01. The van der Waals surface area contributed by atoms with Crippen LogP contribution in [-0.2, 0) is 0 Å². The van der Waals surface area contributed by atoms with Gasteiger partial charge in [0.2, 0.25) is 0 Å². The summed E-state index contributed by atoms with van der Waals surface area (Å²) in [5.41, 5.74) is 8.98. The normalized spacial score (nSPS) is 17.8. The van der Waals surface area contributed by atoms with Crippen LogP contribution in [0.3, 0.4) is 0 Å². The van der Waals surface area contributed by atoms with E-state index in [-0.39, 0.29) is 6.10 Å². The number of fused-ring (bicyclic) bond motifs is 1. The minimum absolute atomic E-state index is 0.273. The fourth-order valence-corrected chi connectivity index (χ4v) is 3.29. The fourth-order valence-electron chi connectivity index (χ4n) is 2.58. The maximum Gasteiger partial charge on any atom is 0.180 e. The molecule has 0 saturated heterocycles. The number of nitrogen functional groups attached to an aromatic ring is 1. The smallest absolute Gasteiger partial charge is 0.180 e. The van der Waals surface area contributed by atoms with Gasteiger partial charge in [-0.1, -0.05) is 6.92 Å². The topological polar surface area (TPSA) is 51.4 Å². The van der Waals surface area contributed by atoms with E-state index in [1.54, 1.807) is 0 Å². The molecular weight excluding hydrogens is 270 g/mol. The fraction of sp³-hybridized carbons (Fsp3) is 0.400. The maximum absolute atomic E-state index is 5.99. The number of hydrogen-bond donors (Lipinski definition) is 1. The third kappa shape index (κ3) is 2.22. The number of hydrogen-bond acceptors (Lipinski definition) is 5. The number of nitrogens with two attached hydrogens (primary N) is 1. The van der Waals surface area contributed by atoms with Crippen molar-refractivity contribution in [2.24, 2.45) is 0 Å². The second-order valence-corrected chi connectivity index (χ2v) is 6.40. The van der Waals surface area contributed by atoms with Crippen molar-refractivity contribution in [1.29, 1.82) is 0 Å². The van der Waals surface area contributed by atoms with E-state index in [9.17, 15) is 0 Å². The lowest BCUT2D eigenvalue weighted by molar-refractivity contribution is 0.192. The molecule has 1 aliphatic heterocycles. The van der Waals surface area contributed by atoms with Gasteiger partial charge in [-0.3, -0.25) is 0 Å². The van der Waals surface area contributed by atoms with Gasteiger partial charge in [-0.2, -0.15) is 0 Å². The molecule has 0 bridgehead atoms. The van der Waals surface area contributed by atoms with Crippen LogP contribution in [-0.4, -0.2) is 24.7 Å². The zero-order valence-electron chi connectivity index (χ0n) is 12.0. The predicted octanol–water partition coefficient (Wildman–Crippen LogP) is 3.31. The summed E-state index contributed by atoms with van der Waals surface area (Å²) in [5, 5.41) is 0.617. The minimum Gasteiger partial charge on any atom is -0.486 e. The van der Waals surface area contributed by atoms with E-state index in [0.29, 0.717) is 5.13 Å². The molecule has 0 saturated carbocycles. The molecule has 0 radical (unpaired) electrons. The van der Waals surface area contributed by atoms with Crippen LogP contribution < -0.4 is 15.4 Å². The Morgan fingerprint density at radius 3 is 2.95 bits per heavy atom. The van der Waals surface area contributed by atoms with Crippen LogP contribution in [0.1, 0.15) is 18.2 Å². The lowest BCUT2D eigenvalue weighted by Gasteiger charge is -2.33. The number of likely N-dealkylation sites (N-methyl/N-ethyl adjacent to an activating group) is 1. The Morgan fingerprint density at radius 1 is 1.50 bits per heavy atom. The predicted molar refractivity (Wildman–Crippen MR) is 84.7 cm³/mol. The summed E-state index contributed by atoms with van der Waals surface area (Å²) in [7, 11) is 2.11. The van der Waals surface area contributed by atoms with Crippen molar-refractivity contribution in [2.75, 3.05) is 24.2 Å². The van der Waals surface area contributed by atoms with Crippen molar-refractivity contribution in [3.63, 3.8) is 0 Å². The standard InChI is InChI=1S/C15H19N3OS/c1-4-11-8-18(3)12-7-10(5-6-13(12)19-11)14-9(2)20-15(16)17-14/h5-7,11H,4,8H2,1-3H3,(H2,16,17). The molecule has 1 unspecified atom stereocenters. The van der Waals surface area contributed by atoms with E-state index in [1.165, 1.54) is 11.3 Å². The van der Waals surface area contributed by atoms with Crippen LogP contribution in [0.25, 0.3) is 11.3 Å². The number of ether oxygens (including phenoxy) is 1. The Labute approximate surface area is 123 Å². The lowest BCUT2D eigenvalue weighted by atomic mass is 10.1. The van der Waals surface area contributed by atoms with Crippen molar-refractivity contribution < 1.29 is 4.74 Å². The summed E-state index contributed by atoms with van der Waals surface area (Å²) in [6, 6.07) is 6.24. The number of thiazole rings is 1. The molecular formula is C15H19N3OS. The van der Waals surface area contributed by atoms with E-state index in [0.717, 1.165) is 40.5 Å². The molecule has 1 aliphatic rings. The highest BCUT2D eigenvalue weighted by molar-refractivity contribution is 7.15. The van der Waals surface area contributed by atoms with Gasteiger partial charge in [-0.05, 0) is 31.5 Å². The molecule has 1 aromatic heterocycles. The Kier molecular flexibility index (Phi) is 3.30. The van der Waals surface area contributed by atoms with E-state index in [1.807, 2.05) is 6.07 Å². The Morgan fingerprint density at radius 2 is 2.30 bits per heavy atom. The van der Waals surface area contributed by atoms with E-state index in [4.69, 9.17) is 10.5 Å². The molecule has 4 nitrogen and oxygen atoms in total. The molecule has 5 heteroatoms. The molecule has 1 atom stereocenters. The highest BCUT2D eigenvalue weighted by Gasteiger charge is 2.23. The average Bonchev–Trinajstić information content (AvgIpc) is 2.77. The second-order valence-electron chi connectivity index (χ2n) is 5.17. The van der Waals surface area contributed by atoms with Crippen LogP contribution >= 0.6 is 11.3 Å². The largest absolute Gasteiger partial charge is 0.486 e. The number of aromatic nitrogens is 1. The molecule has 2 heterocycles. The highest BCUT2D eigenvalue weighted by atomic mass is 32.1. The summed E-state index contributed by atoms with van der Waals surface area (Å²) >= 11 is 1.53. The van der Waals surface area contributed by atoms with Gasteiger partial charge in [0.25, 0.3) is 0 Å². The quantitative estimate of drug-likeness (QED) is 0.921. The van der Waals surface area contributed by atoms with Crippen LogP contribution in [0, 0.1) is 6.92 Å². The van der Waals surface area contributed by atoms with Crippen LogP contribution in [0.2, 0.25) is 0 Å². The molecule has 0 fully saturated rings. The van der Waals surface area contributed by atoms with Gasteiger partial charge in [0.15, 0.2) is 5.13 Å². The molecule has 2 aromatic rings. The number of nitrogens with zero attached hydrogens (tertiary/aromatic N) is 2. The number of rotatable bonds is 2. The number of benzene rings is 1. The lowest BCUT2D eigenvalue weighted by Crippen LogP contribution is -2.37. The summed E-state index contributed by atoms with van der Waals surface area (Å²) < 4.78 is 5.99. The van der Waals surface area contributed by atoms with Gasteiger partial charge in [-0.15, -0.1) is 11.3 Å². The van der Waals surface area contributed by atoms with Gasteiger partial charge < -0.3 is 15.4 Å². The SMILES string of the molecule is CCC1CN(C)c2cc(-c3nc(N)sc3C)ccc2O1. The van der Waals surface area contributed by atoms with Gasteiger partial charge in [0.1, 0.15) is 11.9 Å². The van der Waals surface area contributed by atoms with Crippen molar-refractivity contribution in [3.8, 4) is 17.0 Å². The summed E-state index contributed by atoms with van der Waals surface area (Å²) in [4.78, 5) is 7.82. The molecule has 1 aromatic carbocycles. The number of aryl methyl sites for hydroxylation is 1. The van der Waals surface area contributed by atoms with Gasteiger partial charge in [0, 0.05) is 17.5 Å². The molecule has 0 spiro atoms. The number of anilines is 2. The monoisotopic (exact) mass is 289 g/mol. The zero-order valence-corrected chi connectivity index (χ0v) is 12.8. The summed E-state index contributed by atoms with van der Waals surface area (Å²) in [5.74, 6) is 0.954. The maximum atomic E-state index is 5.99. The molecule has 0 aliphatic carbocycles. The third-order valence-electron chi connectivity index (χ3n) is 3.68. The zero-order chi connectivity index (χ0) is 14.3. The van der Waals surface area contributed by atoms with Crippen molar-refractivity contribution in [2.45, 2.75) is 26.4 Å². The van der Waals surface area contributed by atoms with Crippen molar-refractivity contribution in [1.82, 2.24) is 4.98 Å². The molecule has 20 heavy (non-hydrogen) atoms. The molecule has 0 amide bonds. The van der Waals surface area contributed by atoms with Gasteiger partial charge in [-0.25, -0.2) is 4.98 Å². The first-order valence-electron chi connectivity index (χ1n) is 6.83. The van der Waals surface area contributed by atoms with Crippen LogP contribution in [0.4, 0.5) is 10.8 Å². The Bertz CT molecular complexity index is 638. The van der Waals surface area contributed by atoms with Crippen LogP contribution in [0.15, 0.2) is 18.2 Å². The van der Waals surface area contributed by atoms with E-state index >= 15 is 0 Å². The first kappa shape index (κ1) is 13.2. The first-order chi connectivity index (χ1) is 9.58. The Hall–Kier alpha value is -1.75. The van der Waals surface area contributed by atoms with Crippen LogP contribution in [0.5, 0.6) is 5.75 Å². The van der Waals surface area contributed by atoms with Crippen molar-refractivity contribution >= 4 is 22.2 Å². The summed E-state index contributed by atoms with van der Waals surface area (Å²) in [6.07, 6.45) is 1.29. The van der Waals surface area contributed by atoms with E-state index in [2.05, 4.69) is 42.9 Å². The molecule has 106 valence electrons. The molecule has 3 rings (SSSR count). The minimum atomic E-state index is 0.273. The van der Waals surface area contributed by atoms with Gasteiger partial charge >= 0.3 is 0 Å². The third-order valence-corrected chi connectivity index (χ3v) is 4.48. The second kappa shape index (κ2) is 4.98. The first-order valence-corrected chi connectivity index (χ1v) is 7.65. The van der Waals surface area contributed by atoms with Crippen molar-refractivity contribution in [3.05, 3.63) is 23.1 Å².